The second-order valence-electron chi connectivity index (χ2n) is 4.89. The van der Waals surface area contributed by atoms with Crippen molar-refractivity contribution >= 4 is 22.4 Å². The highest BCUT2D eigenvalue weighted by molar-refractivity contribution is 7.15. The first-order valence-electron chi connectivity index (χ1n) is 6.58. The summed E-state index contributed by atoms with van der Waals surface area (Å²) < 4.78 is 12.8. The number of nitrogens with zero attached hydrogens (tertiary/aromatic N) is 2. The zero-order valence-corrected chi connectivity index (χ0v) is 11.6. The van der Waals surface area contributed by atoms with E-state index in [0.717, 1.165) is 10.6 Å². The van der Waals surface area contributed by atoms with Gasteiger partial charge in [0, 0.05) is 12.3 Å². The number of aryl methyl sites for hydroxylation is 1. The fraction of sp³-hybridized carbons (Fsp3) is 0.357. The molecule has 1 aromatic heterocycles. The number of nitrogens with one attached hydrogen (secondary N) is 1. The smallest absolute Gasteiger partial charge is 0.226 e. The molecule has 0 unspecified atom stereocenters. The van der Waals surface area contributed by atoms with E-state index in [2.05, 4.69) is 15.5 Å². The number of rotatable bonds is 5. The molecule has 1 saturated carbocycles. The first-order valence-corrected chi connectivity index (χ1v) is 7.40. The molecule has 3 rings (SSSR count). The maximum atomic E-state index is 12.8. The van der Waals surface area contributed by atoms with Gasteiger partial charge in [-0.3, -0.25) is 4.79 Å². The Morgan fingerprint density at radius 1 is 1.30 bits per heavy atom. The molecule has 1 aliphatic carbocycles. The molecule has 1 heterocycles. The highest BCUT2D eigenvalue weighted by Gasteiger charge is 2.27. The summed E-state index contributed by atoms with van der Waals surface area (Å²) in [5, 5.41) is 12.4. The van der Waals surface area contributed by atoms with Gasteiger partial charge in [-0.15, -0.1) is 10.2 Å². The number of carbonyl (C=O) groups is 1. The number of aromatic nitrogens is 2. The van der Waals surface area contributed by atoms with Crippen LogP contribution in [0.15, 0.2) is 24.3 Å². The van der Waals surface area contributed by atoms with E-state index in [1.165, 1.54) is 36.3 Å². The molecule has 1 N–H and O–H groups in total. The van der Waals surface area contributed by atoms with Gasteiger partial charge in [-0.05, 0) is 37.0 Å². The normalized spacial score (nSPS) is 14.2. The van der Waals surface area contributed by atoms with Crippen molar-refractivity contribution in [3.63, 3.8) is 0 Å². The van der Waals surface area contributed by atoms with Crippen molar-refractivity contribution in [3.05, 3.63) is 40.7 Å². The number of halogens is 1. The van der Waals surface area contributed by atoms with Crippen LogP contribution in [-0.4, -0.2) is 16.1 Å². The van der Waals surface area contributed by atoms with Gasteiger partial charge in [0.1, 0.15) is 10.8 Å². The average Bonchev–Trinajstić information content (AvgIpc) is 3.19. The molecule has 0 saturated heterocycles. The molecule has 4 nitrogen and oxygen atoms in total. The molecule has 1 aliphatic rings. The molecule has 0 atom stereocenters. The minimum atomic E-state index is -0.264. The highest BCUT2D eigenvalue weighted by atomic mass is 32.1. The van der Waals surface area contributed by atoms with E-state index in [-0.39, 0.29) is 11.7 Å². The van der Waals surface area contributed by atoms with Gasteiger partial charge in [0.2, 0.25) is 11.0 Å². The standard InChI is InChI=1S/C14H14FN3OS/c15-11-6-1-9(2-7-11)3-8-12(19)16-14-18-17-13(20-14)10-4-5-10/h1-2,6-7,10H,3-5,8H2,(H,16,18,19). The molecule has 1 amide bonds. The molecule has 0 bridgehead atoms. The van der Waals surface area contributed by atoms with E-state index >= 15 is 0 Å². The zero-order chi connectivity index (χ0) is 13.9. The molecule has 2 aromatic rings. The maximum absolute atomic E-state index is 12.8. The number of carbonyl (C=O) groups excluding carboxylic acids is 1. The van der Waals surface area contributed by atoms with Crippen molar-refractivity contribution in [1.82, 2.24) is 10.2 Å². The zero-order valence-electron chi connectivity index (χ0n) is 10.8. The van der Waals surface area contributed by atoms with E-state index in [9.17, 15) is 9.18 Å². The van der Waals surface area contributed by atoms with Crippen molar-refractivity contribution in [2.24, 2.45) is 0 Å². The first-order chi connectivity index (χ1) is 9.70. The predicted octanol–water partition coefficient (Wildman–Crippen LogP) is 3.13. The predicted molar refractivity (Wildman–Crippen MR) is 75.2 cm³/mol. The Kier molecular flexibility index (Phi) is 3.73. The summed E-state index contributed by atoms with van der Waals surface area (Å²) in [5.41, 5.74) is 0.942. The third kappa shape index (κ3) is 3.39. The lowest BCUT2D eigenvalue weighted by molar-refractivity contribution is -0.116. The highest BCUT2D eigenvalue weighted by Crippen LogP contribution is 2.42. The van der Waals surface area contributed by atoms with Crippen LogP contribution < -0.4 is 5.32 Å². The van der Waals surface area contributed by atoms with Crippen LogP contribution in [0.5, 0.6) is 0 Å². The summed E-state index contributed by atoms with van der Waals surface area (Å²) >= 11 is 1.45. The largest absolute Gasteiger partial charge is 0.301 e. The van der Waals surface area contributed by atoms with Crippen molar-refractivity contribution < 1.29 is 9.18 Å². The lowest BCUT2D eigenvalue weighted by Crippen LogP contribution is -2.12. The summed E-state index contributed by atoms with van der Waals surface area (Å²) in [6.07, 6.45) is 3.28. The fourth-order valence-electron chi connectivity index (χ4n) is 1.87. The lowest BCUT2D eigenvalue weighted by atomic mass is 10.1. The van der Waals surface area contributed by atoms with Gasteiger partial charge in [0.15, 0.2) is 0 Å². The van der Waals surface area contributed by atoms with Crippen LogP contribution in [0.4, 0.5) is 9.52 Å². The average molecular weight is 291 g/mol. The Morgan fingerprint density at radius 2 is 2.05 bits per heavy atom. The summed E-state index contributed by atoms with van der Waals surface area (Å²) in [5.74, 6) is 0.199. The molecule has 104 valence electrons. The summed E-state index contributed by atoms with van der Waals surface area (Å²) in [7, 11) is 0. The number of hydrogen-bond donors (Lipinski definition) is 1. The SMILES string of the molecule is O=C(CCc1ccc(F)cc1)Nc1nnc(C2CC2)s1. The topological polar surface area (TPSA) is 54.9 Å². The van der Waals surface area contributed by atoms with Crippen LogP contribution in [0.25, 0.3) is 0 Å². The molecule has 1 fully saturated rings. The molecule has 20 heavy (non-hydrogen) atoms. The Balaban J connectivity index is 1.49. The number of hydrogen-bond acceptors (Lipinski definition) is 4. The number of amides is 1. The van der Waals surface area contributed by atoms with Crippen LogP contribution >= 0.6 is 11.3 Å². The molecule has 0 aliphatic heterocycles. The fourth-order valence-corrected chi connectivity index (χ4v) is 2.80. The molecule has 0 spiro atoms. The van der Waals surface area contributed by atoms with Crippen LogP contribution in [0.2, 0.25) is 0 Å². The monoisotopic (exact) mass is 291 g/mol. The number of benzene rings is 1. The Labute approximate surface area is 120 Å². The lowest BCUT2D eigenvalue weighted by Gasteiger charge is -2.01. The molecule has 1 aromatic carbocycles. The summed E-state index contributed by atoms with van der Waals surface area (Å²) in [6, 6.07) is 6.19. The van der Waals surface area contributed by atoms with Crippen LogP contribution in [-0.2, 0) is 11.2 Å². The van der Waals surface area contributed by atoms with Gasteiger partial charge in [0.05, 0.1) is 0 Å². The van der Waals surface area contributed by atoms with Crippen LogP contribution in [0.1, 0.15) is 35.8 Å². The van der Waals surface area contributed by atoms with Crippen molar-refractivity contribution in [1.29, 1.82) is 0 Å². The molecule has 0 radical (unpaired) electrons. The number of anilines is 1. The maximum Gasteiger partial charge on any atom is 0.226 e. The second-order valence-corrected chi connectivity index (χ2v) is 5.90. The third-order valence-electron chi connectivity index (χ3n) is 3.17. The van der Waals surface area contributed by atoms with E-state index in [1.54, 1.807) is 12.1 Å². The molecular weight excluding hydrogens is 277 g/mol. The molecule has 6 heteroatoms. The van der Waals surface area contributed by atoms with Gasteiger partial charge in [-0.1, -0.05) is 23.5 Å². The van der Waals surface area contributed by atoms with E-state index in [4.69, 9.17) is 0 Å². The van der Waals surface area contributed by atoms with E-state index < -0.39 is 0 Å². The van der Waals surface area contributed by atoms with E-state index in [0.29, 0.717) is 23.9 Å². The van der Waals surface area contributed by atoms with Crippen LogP contribution in [0.3, 0.4) is 0 Å². The van der Waals surface area contributed by atoms with Gasteiger partial charge < -0.3 is 5.32 Å². The van der Waals surface area contributed by atoms with E-state index in [1.807, 2.05) is 0 Å². The van der Waals surface area contributed by atoms with Gasteiger partial charge in [-0.2, -0.15) is 0 Å². The first kappa shape index (κ1) is 13.2. The second kappa shape index (κ2) is 5.66. The Bertz CT molecular complexity index is 607. The minimum absolute atomic E-state index is 0.0900. The summed E-state index contributed by atoms with van der Waals surface area (Å²) in [6.45, 7) is 0. The van der Waals surface area contributed by atoms with Gasteiger partial charge in [-0.25, -0.2) is 4.39 Å². The summed E-state index contributed by atoms with van der Waals surface area (Å²) in [4.78, 5) is 11.8. The minimum Gasteiger partial charge on any atom is -0.301 e. The molecular formula is C14H14FN3OS. The van der Waals surface area contributed by atoms with Crippen molar-refractivity contribution in [2.45, 2.75) is 31.6 Å². The quantitative estimate of drug-likeness (QED) is 0.920. The third-order valence-corrected chi connectivity index (χ3v) is 4.17. The Morgan fingerprint density at radius 3 is 2.75 bits per heavy atom. The van der Waals surface area contributed by atoms with Crippen molar-refractivity contribution in [3.8, 4) is 0 Å². The Hall–Kier alpha value is -1.82. The van der Waals surface area contributed by atoms with Gasteiger partial charge >= 0.3 is 0 Å². The van der Waals surface area contributed by atoms with Gasteiger partial charge in [0.25, 0.3) is 0 Å². The van der Waals surface area contributed by atoms with Crippen LogP contribution in [0, 0.1) is 5.82 Å². The van der Waals surface area contributed by atoms with Crippen molar-refractivity contribution in [2.75, 3.05) is 5.32 Å².